The van der Waals surface area contributed by atoms with Crippen LogP contribution >= 0.6 is 15.9 Å². The maximum absolute atomic E-state index is 12.9. The fourth-order valence-corrected chi connectivity index (χ4v) is 4.61. The number of benzene rings is 1. The van der Waals surface area contributed by atoms with E-state index in [9.17, 15) is 9.59 Å². The van der Waals surface area contributed by atoms with Gasteiger partial charge in [-0.2, -0.15) is 0 Å². The predicted molar refractivity (Wildman–Crippen MR) is 124 cm³/mol. The molecule has 2 amide bonds. The molecule has 1 aliphatic heterocycles. The van der Waals surface area contributed by atoms with Crippen LogP contribution in [0.15, 0.2) is 52.6 Å². The first-order chi connectivity index (χ1) is 14.3. The van der Waals surface area contributed by atoms with E-state index in [4.69, 9.17) is 4.74 Å². The van der Waals surface area contributed by atoms with Gasteiger partial charge in [-0.15, -0.1) is 0 Å². The van der Waals surface area contributed by atoms with E-state index in [-0.39, 0.29) is 23.8 Å². The highest BCUT2D eigenvalue weighted by Gasteiger charge is 2.37. The number of nitrogens with one attached hydrogen (secondary N) is 1. The first-order valence-electron chi connectivity index (χ1n) is 10.3. The quantitative estimate of drug-likeness (QED) is 0.624. The number of anilines is 1. The highest BCUT2D eigenvalue weighted by atomic mass is 79.9. The maximum atomic E-state index is 12.9. The van der Waals surface area contributed by atoms with Crippen molar-refractivity contribution in [2.24, 2.45) is 5.92 Å². The third kappa shape index (κ3) is 4.69. The molecule has 1 saturated carbocycles. The van der Waals surface area contributed by atoms with Gasteiger partial charge in [0, 0.05) is 40.3 Å². The maximum Gasteiger partial charge on any atom is 0.254 e. The van der Waals surface area contributed by atoms with Gasteiger partial charge in [-0.25, -0.2) is 0 Å². The lowest BCUT2D eigenvalue weighted by atomic mass is 9.84. The molecule has 6 heteroatoms. The largest absolute Gasteiger partial charge is 0.496 e. The normalized spacial score (nSPS) is 22.0. The van der Waals surface area contributed by atoms with Gasteiger partial charge in [-0.05, 0) is 56.7 Å². The van der Waals surface area contributed by atoms with Crippen molar-refractivity contribution in [3.05, 3.63) is 58.1 Å². The third-order valence-electron chi connectivity index (χ3n) is 5.99. The summed E-state index contributed by atoms with van der Waals surface area (Å²) >= 11 is 3.44. The Morgan fingerprint density at radius 2 is 2.00 bits per heavy atom. The van der Waals surface area contributed by atoms with Crippen LogP contribution in [0.4, 0.5) is 5.69 Å². The lowest BCUT2D eigenvalue weighted by Crippen LogP contribution is -2.41. The second-order valence-electron chi connectivity index (χ2n) is 7.91. The molecule has 0 saturated heterocycles. The Bertz CT molecular complexity index is 911. The number of methoxy groups -OCH3 is 1. The lowest BCUT2D eigenvalue weighted by molar-refractivity contribution is -0.128. The SMILES string of the molecule is C=C(Br)C1=C(/C=C\C)C(=O)N(C2CCC(C(=O)Nc3ccc(C)c(OC)c3)CC2)C1. The molecule has 0 spiro atoms. The summed E-state index contributed by atoms with van der Waals surface area (Å²) in [5.74, 6) is 0.815. The van der Waals surface area contributed by atoms with Crippen LogP contribution in [0, 0.1) is 12.8 Å². The van der Waals surface area contributed by atoms with E-state index in [1.165, 1.54) is 0 Å². The molecule has 2 aliphatic rings. The van der Waals surface area contributed by atoms with Crippen LogP contribution in [0.3, 0.4) is 0 Å². The van der Waals surface area contributed by atoms with Gasteiger partial charge in [-0.3, -0.25) is 9.59 Å². The summed E-state index contributed by atoms with van der Waals surface area (Å²) in [6, 6.07) is 5.85. The van der Waals surface area contributed by atoms with Crippen LogP contribution in [0.5, 0.6) is 5.75 Å². The average Bonchev–Trinajstić information content (AvgIpc) is 3.06. The number of halogens is 1. The molecule has 30 heavy (non-hydrogen) atoms. The van der Waals surface area contributed by atoms with Crippen LogP contribution in [0.2, 0.25) is 0 Å². The average molecular weight is 473 g/mol. The molecule has 3 rings (SSSR count). The van der Waals surface area contributed by atoms with E-state index in [1.807, 2.05) is 49.1 Å². The lowest BCUT2D eigenvalue weighted by Gasteiger charge is -2.34. The summed E-state index contributed by atoms with van der Waals surface area (Å²) in [5, 5.41) is 3.02. The topological polar surface area (TPSA) is 58.6 Å². The minimum absolute atomic E-state index is 0.0364. The van der Waals surface area contributed by atoms with E-state index < -0.39 is 0 Å². The molecular formula is C24H29BrN2O3. The van der Waals surface area contributed by atoms with E-state index in [1.54, 1.807) is 7.11 Å². The molecule has 0 bridgehead atoms. The number of allylic oxidation sites excluding steroid dienone is 1. The number of hydrogen-bond acceptors (Lipinski definition) is 3. The van der Waals surface area contributed by atoms with Crippen molar-refractivity contribution in [3.63, 3.8) is 0 Å². The van der Waals surface area contributed by atoms with Crippen LogP contribution in [0.25, 0.3) is 0 Å². The Morgan fingerprint density at radius 1 is 1.30 bits per heavy atom. The molecule has 0 unspecified atom stereocenters. The molecule has 0 atom stereocenters. The van der Waals surface area contributed by atoms with E-state index >= 15 is 0 Å². The highest BCUT2D eigenvalue weighted by Crippen LogP contribution is 2.35. The summed E-state index contributed by atoms with van der Waals surface area (Å²) in [5.41, 5.74) is 3.45. The van der Waals surface area contributed by atoms with E-state index in [2.05, 4.69) is 27.8 Å². The van der Waals surface area contributed by atoms with Gasteiger partial charge in [0.05, 0.1) is 7.11 Å². The van der Waals surface area contributed by atoms with Crippen molar-refractivity contribution in [1.29, 1.82) is 0 Å². The first kappa shape index (κ1) is 22.3. The Kier molecular flexibility index (Phi) is 7.19. The molecule has 160 valence electrons. The van der Waals surface area contributed by atoms with Crippen LogP contribution in [0.1, 0.15) is 38.2 Å². The predicted octanol–water partition coefficient (Wildman–Crippen LogP) is 5.12. The minimum Gasteiger partial charge on any atom is -0.496 e. The van der Waals surface area contributed by atoms with Gasteiger partial charge < -0.3 is 15.0 Å². The molecule has 1 aliphatic carbocycles. The Morgan fingerprint density at radius 3 is 2.60 bits per heavy atom. The number of rotatable bonds is 6. The first-order valence-corrected chi connectivity index (χ1v) is 11.1. The van der Waals surface area contributed by atoms with Gasteiger partial charge in [0.25, 0.3) is 5.91 Å². The Hall–Kier alpha value is -2.34. The monoisotopic (exact) mass is 472 g/mol. The second-order valence-corrected chi connectivity index (χ2v) is 8.87. The van der Waals surface area contributed by atoms with Gasteiger partial charge in [0.1, 0.15) is 5.75 Å². The molecule has 1 heterocycles. The smallest absolute Gasteiger partial charge is 0.254 e. The highest BCUT2D eigenvalue weighted by molar-refractivity contribution is 9.11. The van der Waals surface area contributed by atoms with E-state index in [0.29, 0.717) is 12.1 Å². The number of ether oxygens (including phenoxy) is 1. The number of hydrogen-bond donors (Lipinski definition) is 1. The number of aryl methyl sites for hydroxylation is 1. The Labute approximate surface area is 187 Å². The van der Waals surface area contributed by atoms with Crippen LogP contribution in [-0.4, -0.2) is 36.4 Å². The van der Waals surface area contributed by atoms with Crippen molar-refractivity contribution in [2.45, 2.75) is 45.6 Å². The van der Waals surface area contributed by atoms with Crippen molar-refractivity contribution in [2.75, 3.05) is 19.0 Å². The molecule has 1 aromatic carbocycles. The number of nitrogens with zero attached hydrogens (tertiary/aromatic N) is 1. The van der Waals surface area contributed by atoms with Gasteiger partial charge in [-0.1, -0.05) is 40.7 Å². The van der Waals surface area contributed by atoms with Crippen molar-refractivity contribution in [1.82, 2.24) is 4.90 Å². The van der Waals surface area contributed by atoms with Gasteiger partial charge in [0.15, 0.2) is 0 Å². The number of carbonyl (C=O) groups excluding carboxylic acids is 2. The second kappa shape index (κ2) is 9.65. The minimum atomic E-state index is -0.0418. The molecule has 1 fully saturated rings. The zero-order valence-electron chi connectivity index (χ0n) is 17.8. The van der Waals surface area contributed by atoms with E-state index in [0.717, 1.165) is 52.7 Å². The van der Waals surface area contributed by atoms with Crippen molar-refractivity contribution >= 4 is 33.4 Å². The number of amides is 2. The zero-order chi connectivity index (χ0) is 21.8. The molecular weight excluding hydrogens is 444 g/mol. The summed E-state index contributed by atoms with van der Waals surface area (Å²) in [4.78, 5) is 27.6. The standard InChI is InChI=1S/C24H29BrN2O3/c1-5-6-20-21(16(3)25)14-27(24(20)29)19-11-8-17(9-12-19)23(28)26-18-10-7-15(2)22(13-18)30-4/h5-7,10,13,17,19H,3,8-9,11-12,14H2,1-2,4H3,(H,26,28)/b6-5-. The third-order valence-corrected chi connectivity index (χ3v) is 6.47. The van der Waals surface area contributed by atoms with Crippen molar-refractivity contribution in [3.8, 4) is 5.75 Å². The molecule has 1 N–H and O–H groups in total. The molecule has 1 aromatic rings. The summed E-state index contributed by atoms with van der Waals surface area (Å²) in [6.07, 6.45) is 6.94. The fourth-order valence-electron chi connectivity index (χ4n) is 4.27. The Balaban J connectivity index is 1.59. The molecule has 5 nitrogen and oxygen atoms in total. The van der Waals surface area contributed by atoms with Gasteiger partial charge >= 0.3 is 0 Å². The summed E-state index contributed by atoms with van der Waals surface area (Å²) in [7, 11) is 1.63. The van der Waals surface area contributed by atoms with Crippen LogP contribution < -0.4 is 10.1 Å². The molecule has 0 radical (unpaired) electrons. The van der Waals surface area contributed by atoms with Crippen molar-refractivity contribution < 1.29 is 14.3 Å². The number of carbonyl (C=O) groups is 2. The fraction of sp³-hybridized carbons (Fsp3) is 0.417. The zero-order valence-corrected chi connectivity index (χ0v) is 19.4. The molecule has 0 aromatic heterocycles. The summed E-state index contributed by atoms with van der Waals surface area (Å²) in [6.45, 7) is 8.42. The van der Waals surface area contributed by atoms with Gasteiger partial charge in [0.2, 0.25) is 5.91 Å². The van der Waals surface area contributed by atoms with Crippen LogP contribution in [-0.2, 0) is 9.59 Å². The summed E-state index contributed by atoms with van der Waals surface area (Å²) < 4.78 is 6.10.